The van der Waals surface area contributed by atoms with E-state index < -0.39 is 11.6 Å². The first-order chi connectivity index (χ1) is 37.2. The zero-order chi connectivity index (χ0) is 51.4. The second-order valence-electron chi connectivity index (χ2n) is 20.8. The molecule has 18 nitrogen and oxygen atoms in total. The number of benzene rings is 2. The summed E-state index contributed by atoms with van der Waals surface area (Å²) in [6, 6.07) is 11.6. The van der Waals surface area contributed by atoms with E-state index in [2.05, 4.69) is 49.5 Å². The predicted molar refractivity (Wildman–Crippen MR) is 292 cm³/mol. The number of fused-ring (bicyclic) bond motifs is 6. The van der Waals surface area contributed by atoms with E-state index in [-0.39, 0.29) is 45.5 Å². The molecule has 6 aromatic heterocycles. The summed E-state index contributed by atoms with van der Waals surface area (Å²) in [6.07, 6.45) is 14.2. The summed E-state index contributed by atoms with van der Waals surface area (Å²) in [5.74, 6) is 0.249. The fourth-order valence-corrected chi connectivity index (χ4v) is 14.1. The summed E-state index contributed by atoms with van der Waals surface area (Å²) >= 11 is 2.74. The largest absolute Gasteiger partial charge is 0.461 e. The van der Waals surface area contributed by atoms with Crippen LogP contribution in [0.5, 0.6) is 12.0 Å². The van der Waals surface area contributed by atoms with Crippen LogP contribution in [0, 0.1) is 11.6 Å². The van der Waals surface area contributed by atoms with Crippen LogP contribution >= 0.6 is 22.7 Å². The van der Waals surface area contributed by atoms with Gasteiger partial charge in [0.05, 0.1) is 55.5 Å². The molecule has 0 radical (unpaired) electrons. The monoisotopic (exact) mass is 1070 g/mol. The Labute approximate surface area is 445 Å². The number of thiazole rings is 2. The predicted octanol–water partition coefficient (Wildman–Crippen LogP) is 8.51. The molecule has 8 aromatic rings. The van der Waals surface area contributed by atoms with Gasteiger partial charge in [-0.1, -0.05) is 46.9 Å². The van der Waals surface area contributed by atoms with Crippen LogP contribution in [-0.2, 0) is 9.47 Å². The first-order valence-corrected chi connectivity index (χ1v) is 28.3. The molecule has 76 heavy (non-hydrogen) atoms. The van der Waals surface area contributed by atoms with E-state index >= 15 is 8.78 Å². The molecule has 0 aliphatic carbocycles. The Bertz CT molecular complexity index is 3210. The number of hydrogen-bond acceptors (Lipinski definition) is 20. The number of para-hydroxylation sites is 2. The van der Waals surface area contributed by atoms with Gasteiger partial charge >= 0.3 is 12.0 Å². The van der Waals surface area contributed by atoms with Crippen molar-refractivity contribution in [3.63, 3.8) is 0 Å². The topological polar surface area (TPSA) is 205 Å². The van der Waals surface area contributed by atoms with Gasteiger partial charge in [0.25, 0.3) is 0 Å². The molecule has 12 heterocycles. The molecule has 14 rings (SSSR count). The number of nitrogens with zero attached hydrogens (tertiary/aromatic N) is 12. The fraction of sp³-hybridized carbons (Fsp3) is 0.481. The Kier molecular flexibility index (Phi) is 13.3. The number of nitrogens with two attached hydrogens (primary N) is 2. The minimum atomic E-state index is -0.511. The summed E-state index contributed by atoms with van der Waals surface area (Å²) in [7, 11) is 0. The second kappa shape index (κ2) is 20.6. The Hall–Kier alpha value is -6.30. The van der Waals surface area contributed by atoms with E-state index in [1.807, 2.05) is 36.4 Å². The second-order valence-corrected chi connectivity index (χ2v) is 22.9. The fourth-order valence-electron chi connectivity index (χ4n) is 12.6. The van der Waals surface area contributed by atoms with Crippen molar-refractivity contribution in [2.45, 2.75) is 75.3 Å². The normalized spacial score (nSPS) is 19.8. The lowest BCUT2D eigenvalue weighted by molar-refractivity contribution is 0.108. The van der Waals surface area contributed by atoms with Crippen LogP contribution in [0.3, 0.4) is 0 Å². The number of anilines is 4. The van der Waals surface area contributed by atoms with Gasteiger partial charge in [0, 0.05) is 62.9 Å². The minimum Gasteiger partial charge on any atom is -0.461 e. The lowest BCUT2D eigenvalue weighted by Crippen LogP contribution is -2.43. The highest BCUT2D eigenvalue weighted by atomic mass is 32.1. The third kappa shape index (κ3) is 9.12. The quantitative estimate of drug-likeness (QED) is 0.132. The standard InChI is InChI=1S/2C27H30FN7O2S/c2*28-20-22(17-5-1-6-19-21(17)31-25(29)38-19)30-15-18-23(20)32-26(33-24(18)34-9-4-13-36-14-12-34)37-16-27-7-2-10-35(27)11-3-8-27/h2*1,5-6,15H,2-4,7-14,16H2,(H2,29,31). The maximum atomic E-state index is 16.3. The number of ether oxygens (including phenoxy) is 4. The van der Waals surface area contributed by atoms with Gasteiger partial charge in [-0.05, 0) is 103 Å². The van der Waals surface area contributed by atoms with Gasteiger partial charge in [0.1, 0.15) is 47.3 Å². The molecule has 0 spiro atoms. The van der Waals surface area contributed by atoms with Crippen LogP contribution in [-0.4, -0.2) is 153 Å². The Balaban J connectivity index is 0.000000146. The van der Waals surface area contributed by atoms with Crippen molar-refractivity contribution in [3.8, 4) is 34.5 Å². The highest BCUT2D eigenvalue weighted by molar-refractivity contribution is 7.22. The van der Waals surface area contributed by atoms with Crippen LogP contribution in [0.25, 0.3) is 64.8 Å². The molecule has 0 amide bonds. The minimum absolute atomic E-state index is 0.0388. The van der Waals surface area contributed by atoms with Gasteiger partial charge in [0.2, 0.25) is 0 Å². The highest BCUT2D eigenvalue weighted by Gasteiger charge is 2.46. The van der Waals surface area contributed by atoms with E-state index in [4.69, 9.17) is 40.4 Å². The van der Waals surface area contributed by atoms with Crippen LogP contribution in [0.4, 0.5) is 30.7 Å². The average Bonchev–Trinajstić information content (AvgIpc) is 4.27. The lowest BCUT2D eigenvalue weighted by atomic mass is 9.95. The van der Waals surface area contributed by atoms with Gasteiger partial charge in [-0.3, -0.25) is 19.8 Å². The molecular weight excluding hydrogens is 1010 g/mol. The molecule has 0 saturated carbocycles. The molecule has 0 unspecified atom stereocenters. The van der Waals surface area contributed by atoms with E-state index in [9.17, 15) is 0 Å². The zero-order valence-electron chi connectivity index (χ0n) is 42.3. The van der Waals surface area contributed by atoms with Crippen LogP contribution in [0.2, 0.25) is 0 Å². The average molecular weight is 1070 g/mol. The molecule has 4 N–H and O–H groups in total. The first kappa shape index (κ1) is 49.3. The first-order valence-electron chi connectivity index (χ1n) is 26.7. The maximum absolute atomic E-state index is 16.3. The van der Waals surface area contributed by atoms with E-state index in [1.165, 1.54) is 48.4 Å². The molecule has 0 atom stereocenters. The van der Waals surface area contributed by atoms with Gasteiger partial charge in [-0.2, -0.15) is 19.9 Å². The van der Waals surface area contributed by atoms with Gasteiger partial charge in [0.15, 0.2) is 21.9 Å². The van der Waals surface area contributed by atoms with Gasteiger partial charge in [-0.15, -0.1) is 0 Å². The number of halogens is 2. The lowest BCUT2D eigenvalue weighted by Gasteiger charge is -2.31. The van der Waals surface area contributed by atoms with Crippen molar-refractivity contribution in [1.82, 2.24) is 49.7 Å². The van der Waals surface area contributed by atoms with E-state index in [0.29, 0.717) is 108 Å². The van der Waals surface area contributed by atoms with Gasteiger partial charge in [-0.25, -0.2) is 18.7 Å². The Morgan fingerprint density at radius 1 is 0.513 bits per heavy atom. The molecule has 22 heteroatoms. The summed E-state index contributed by atoms with van der Waals surface area (Å²) in [4.78, 5) is 46.2. The number of pyridine rings is 2. The van der Waals surface area contributed by atoms with Crippen molar-refractivity contribution in [3.05, 3.63) is 60.4 Å². The van der Waals surface area contributed by atoms with Crippen molar-refractivity contribution >= 4 is 86.8 Å². The van der Waals surface area contributed by atoms with E-state index in [1.54, 1.807) is 12.4 Å². The van der Waals surface area contributed by atoms with Crippen LogP contribution in [0.15, 0.2) is 48.8 Å². The Morgan fingerprint density at radius 3 is 1.38 bits per heavy atom. The van der Waals surface area contributed by atoms with Crippen molar-refractivity contribution < 1.29 is 27.7 Å². The smallest absolute Gasteiger partial charge is 0.319 e. The van der Waals surface area contributed by atoms with Crippen molar-refractivity contribution in [1.29, 1.82) is 0 Å². The van der Waals surface area contributed by atoms with Crippen LogP contribution in [0.1, 0.15) is 64.2 Å². The van der Waals surface area contributed by atoms with E-state index in [0.717, 1.165) is 87.2 Å². The number of aromatic nitrogens is 8. The molecule has 6 aliphatic heterocycles. The molecule has 0 bridgehead atoms. The number of rotatable bonds is 10. The van der Waals surface area contributed by atoms with Gasteiger partial charge < -0.3 is 40.2 Å². The molecule has 2 aromatic carbocycles. The molecular formula is C54H60F2N14O4S2. The summed E-state index contributed by atoms with van der Waals surface area (Å²) in [6.45, 7) is 10.8. The Morgan fingerprint density at radius 2 is 0.947 bits per heavy atom. The third-order valence-corrected chi connectivity index (χ3v) is 18.0. The molecule has 6 aliphatic rings. The third-order valence-electron chi connectivity index (χ3n) is 16.3. The van der Waals surface area contributed by atoms with Crippen LogP contribution < -0.4 is 30.7 Å². The molecule has 6 saturated heterocycles. The summed E-state index contributed by atoms with van der Waals surface area (Å²) in [5, 5.41) is 1.99. The number of hydrogen-bond donors (Lipinski definition) is 2. The maximum Gasteiger partial charge on any atom is 0.319 e. The summed E-state index contributed by atoms with van der Waals surface area (Å²) in [5.41, 5.74) is 15.2. The number of nitrogen functional groups attached to an aromatic ring is 2. The molecule has 6 fully saturated rings. The zero-order valence-corrected chi connectivity index (χ0v) is 43.9. The van der Waals surface area contributed by atoms with Crippen molar-refractivity contribution in [2.24, 2.45) is 0 Å². The van der Waals surface area contributed by atoms with Crippen molar-refractivity contribution in [2.75, 3.05) is 113 Å². The highest BCUT2D eigenvalue weighted by Crippen LogP contribution is 2.43. The summed E-state index contributed by atoms with van der Waals surface area (Å²) < 4.78 is 58.4. The SMILES string of the molecule is Nc1nc2c(-c3ncc4c(N5CCCOCC5)nc(OCC56CCCN5CCC6)nc4c3F)cccc2s1.Nc1nc2c(-c3ncc4c(N5CCCOCC5)nc(OCC56CCCN5CCC6)nc4c3F)cccc2s1. The molecule has 396 valence electrons.